The molecule has 0 saturated carbocycles. The molecule has 4 aromatic rings. The lowest BCUT2D eigenvalue weighted by Gasteiger charge is -2.12. The summed E-state index contributed by atoms with van der Waals surface area (Å²) in [4.78, 5) is 31.5. The Morgan fingerprint density at radius 1 is 1.12 bits per heavy atom. The number of rotatable bonds is 7. The van der Waals surface area contributed by atoms with Gasteiger partial charge in [0.2, 0.25) is 0 Å². The molecular weight excluding hydrogens is 454 g/mol. The normalized spacial score (nSPS) is 11.0. The van der Waals surface area contributed by atoms with E-state index >= 15 is 0 Å². The number of hydrogen-bond acceptors (Lipinski definition) is 7. The summed E-state index contributed by atoms with van der Waals surface area (Å²) in [7, 11) is 1.50. The number of methoxy groups -OCH3 is 1. The first-order chi connectivity index (χ1) is 16.4. The Balaban J connectivity index is 1.60. The van der Waals surface area contributed by atoms with Crippen molar-refractivity contribution in [2.45, 2.75) is 26.8 Å². The highest BCUT2D eigenvalue weighted by Gasteiger charge is 2.20. The van der Waals surface area contributed by atoms with Gasteiger partial charge in [0.1, 0.15) is 0 Å². The zero-order valence-corrected chi connectivity index (χ0v) is 20.1. The summed E-state index contributed by atoms with van der Waals surface area (Å²) in [5.41, 5.74) is 6.92. The summed E-state index contributed by atoms with van der Waals surface area (Å²) in [6, 6.07) is 10.4. The van der Waals surface area contributed by atoms with Crippen LogP contribution in [0.1, 0.15) is 47.5 Å². The third-order valence-electron chi connectivity index (χ3n) is 5.09. The number of pyridine rings is 1. The van der Waals surface area contributed by atoms with Crippen LogP contribution in [-0.4, -0.2) is 40.3 Å². The summed E-state index contributed by atoms with van der Waals surface area (Å²) in [6.07, 6.45) is 1.62. The number of nitrogens with zero attached hydrogens (tertiary/aromatic N) is 3. The molecule has 1 aromatic carbocycles. The number of fused-ring (bicyclic) bond motifs is 1. The molecule has 34 heavy (non-hydrogen) atoms. The average molecular weight is 480 g/mol. The molecule has 0 aliphatic rings. The van der Waals surface area contributed by atoms with Crippen molar-refractivity contribution in [1.82, 2.24) is 25.6 Å². The van der Waals surface area contributed by atoms with E-state index in [0.717, 1.165) is 4.88 Å². The molecule has 3 heterocycles. The van der Waals surface area contributed by atoms with Crippen LogP contribution in [0.25, 0.3) is 21.6 Å². The van der Waals surface area contributed by atoms with Crippen LogP contribution in [0, 0.1) is 0 Å². The van der Waals surface area contributed by atoms with Crippen LogP contribution in [0.2, 0.25) is 0 Å². The van der Waals surface area contributed by atoms with Crippen molar-refractivity contribution in [1.29, 1.82) is 0 Å². The lowest BCUT2D eigenvalue weighted by molar-refractivity contribution is 0.0847. The van der Waals surface area contributed by atoms with Gasteiger partial charge in [0.05, 0.1) is 41.4 Å². The third-order valence-corrected chi connectivity index (χ3v) is 5.98. The molecule has 10 heteroatoms. The van der Waals surface area contributed by atoms with Gasteiger partial charge in [-0.25, -0.2) is 9.67 Å². The smallest absolute Gasteiger partial charge is 0.270 e. The van der Waals surface area contributed by atoms with Gasteiger partial charge in [-0.3, -0.25) is 20.4 Å². The van der Waals surface area contributed by atoms with E-state index in [1.54, 1.807) is 35.1 Å². The monoisotopic (exact) mass is 479 g/mol. The molecule has 0 saturated heterocycles. The second kappa shape index (κ2) is 9.92. The maximum atomic E-state index is 13.1. The molecule has 0 unspecified atom stereocenters. The van der Waals surface area contributed by atoms with Gasteiger partial charge in [0.15, 0.2) is 17.1 Å². The van der Waals surface area contributed by atoms with Gasteiger partial charge in [0.25, 0.3) is 11.8 Å². The van der Waals surface area contributed by atoms with E-state index in [2.05, 4.69) is 16.0 Å². The van der Waals surface area contributed by atoms with Crippen LogP contribution in [0.4, 0.5) is 0 Å². The highest BCUT2D eigenvalue weighted by molar-refractivity contribution is 7.13. The van der Waals surface area contributed by atoms with E-state index in [0.29, 0.717) is 46.0 Å². The fourth-order valence-corrected chi connectivity index (χ4v) is 4.16. The topological polar surface area (TPSA) is 107 Å². The van der Waals surface area contributed by atoms with E-state index in [1.807, 2.05) is 38.3 Å². The number of carbonyl (C=O) groups is 2. The molecule has 0 atom stereocenters. The molecule has 4 rings (SSSR count). The number of thiophene rings is 1. The van der Waals surface area contributed by atoms with Crippen LogP contribution in [0.3, 0.4) is 0 Å². The van der Waals surface area contributed by atoms with Crippen molar-refractivity contribution in [3.8, 4) is 22.1 Å². The van der Waals surface area contributed by atoms with Gasteiger partial charge < -0.3 is 9.47 Å². The molecule has 0 aliphatic heterocycles. The first-order valence-electron chi connectivity index (χ1n) is 10.8. The van der Waals surface area contributed by atoms with Crippen LogP contribution in [-0.2, 0) is 0 Å². The molecule has 3 aromatic heterocycles. The second-order valence-electron chi connectivity index (χ2n) is 7.66. The molecule has 0 bridgehead atoms. The fraction of sp³-hybridized carbons (Fsp3) is 0.250. The number of hydrazine groups is 1. The van der Waals surface area contributed by atoms with E-state index in [4.69, 9.17) is 14.5 Å². The van der Waals surface area contributed by atoms with Gasteiger partial charge in [-0.2, -0.15) is 5.10 Å². The molecule has 0 aliphatic carbocycles. The Labute approximate surface area is 200 Å². The highest BCUT2D eigenvalue weighted by Crippen LogP contribution is 2.29. The van der Waals surface area contributed by atoms with Crippen molar-refractivity contribution in [3.05, 3.63) is 59.1 Å². The lowest BCUT2D eigenvalue weighted by atomic mass is 10.1. The minimum Gasteiger partial charge on any atom is -0.493 e. The molecule has 2 N–H and O–H groups in total. The van der Waals surface area contributed by atoms with Gasteiger partial charge in [-0.1, -0.05) is 6.07 Å². The summed E-state index contributed by atoms with van der Waals surface area (Å²) < 4.78 is 12.5. The number of aromatic nitrogens is 3. The van der Waals surface area contributed by atoms with Crippen molar-refractivity contribution < 1.29 is 19.1 Å². The van der Waals surface area contributed by atoms with Crippen LogP contribution >= 0.6 is 11.3 Å². The number of amides is 2. The molecular formula is C24H25N5O4S. The summed E-state index contributed by atoms with van der Waals surface area (Å²) in [5, 5.41) is 6.96. The average Bonchev–Trinajstić information content (AvgIpc) is 3.52. The zero-order chi connectivity index (χ0) is 24.2. The van der Waals surface area contributed by atoms with Gasteiger partial charge in [-0.05, 0) is 56.5 Å². The Kier molecular flexibility index (Phi) is 6.78. The van der Waals surface area contributed by atoms with Crippen LogP contribution in [0.5, 0.6) is 11.5 Å². The maximum Gasteiger partial charge on any atom is 0.270 e. The Hall–Kier alpha value is -3.92. The van der Waals surface area contributed by atoms with Crippen LogP contribution < -0.4 is 20.3 Å². The number of nitrogens with one attached hydrogen (secondary N) is 2. The first-order valence-corrected chi connectivity index (χ1v) is 11.6. The van der Waals surface area contributed by atoms with Gasteiger partial charge in [-0.15, -0.1) is 11.3 Å². The van der Waals surface area contributed by atoms with E-state index in [1.165, 1.54) is 18.4 Å². The van der Waals surface area contributed by atoms with Crippen molar-refractivity contribution in [2.24, 2.45) is 0 Å². The Morgan fingerprint density at radius 2 is 1.91 bits per heavy atom. The molecule has 0 spiro atoms. The minimum absolute atomic E-state index is 0.0637. The Bertz CT molecular complexity index is 1330. The maximum absolute atomic E-state index is 13.1. The van der Waals surface area contributed by atoms with Crippen molar-refractivity contribution in [2.75, 3.05) is 13.7 Å². The standard InChI is InChI=1S/C24H25N5O4S/c1-5-33-19-9-8-15(11-20(19)32-4)23(30)27-28-24(31)16-12-18(21-7-6-10-34-21)26-22-17(16)13-25-29(22)14(2)3/h6-14H,5H2,1-4H3,(H,27,30)(H,28,31). The van der Waals surface area contributed by atoms with Crippen LogP contribution in [0.15, 0.2) is 48.0 Å². The summed E-state index contributed by atoms with van der Waals surface area (Å²) >= 11 is 1.53. The molecule has 176 valence electrons. The third kappa shape index (κ3) is 4.58. The fourth-order valence-electron chi connectivity index (χ4n) is 3.47. The minimum atomic E-state index is -0.489. The Morgan fingerprint density at radius 3 is 2.59 bits per heavy atom. The number of carbonyl (C=O) groups excluding carboxylic acids is 2. The predicted octanol–water partition coefficient (Wildman–Crippen LogP) is 4.22. The number of ether oxygens (including phenoxy) is 2. The molecule has 2 amide bonds. The zero-order valence-electron chi connectivity index (χ0n) is 19.3. The number of benzene rings is 1. The lowest BCUT2D eigenvalue weighted by Crippen LogP contribution is -2.41. The van der Waals surface area contributed by atoms with Gasteiger partial charge in [0, 0.05) is 11.6 Å². The first kappa shape index (κ1) is 23.2. The van der Waals surface area contributed by atoms with Gasteiger partial charge >= 0.3 is 0 Å². The largest absolute Gasteiger partial charge is 0.493 e. The predicted molar refractivity (Wildman–Crippen MR) is 130 cm³/mol. The molecule has 0 fully saturated rings. The number of hydrogen-bond donors (Lipinski definition) is 2. The summed E-state index contributed by atoms with van der Waals surface area (Å²) in [6.45, 7) is 6.33. The summed E-state index contributed by atoms with van der Waals surface area (Å²) in [5.74, 6) is 0.00232. The van der Waals surface area contributed by atoms with Crippen molar-refractivity contribution in [3.63, 3.8) is 0 Å². The van der Waals surface area contributed by atoms with E-state index in [9.17, 15) is 9.59 Å². The molecule has 0 radical (unpaired) electrons. The second-order valence-corrected chi connectivity index (χ2v) is 8.61. The van der Waals surface area contributed by atoms with E-state index < -0.39 is 11.8 Å². The van der Waals surface area contributed by atoms with Crippen molar-refractivity contribution >= 4 is 34.2 Å². The van der Waals surface area contributed by atoms with E-state index in [-0.39, 0.29) is 6.04 Å². The SMILES string of the molecule is CCOc1ccc(C(=O)NNC(=O)c2cc(-c3cccs3)nc3c2cnn3C(C)C)cc1OC. The highest BCUT2D eigenvalue weighted by atomic mass is 32.1. The molecule has 9 nitrogen and oxygen atoms in total. The quantitative estimate of drug-likeness (QED) is 0.384.